The molecule has 0 radical (unpaired) electrons. The number of hydrogen-bond acceptors (Lipinski definition) is 3. The normalized spacial score (nSPS) is 10.3. The summed E-state index contributed by atoms with van der Waals surface area (Å²) in [5, 5.41) is 8.45. The van der Waals surface area contributed by atoms with Crippen LogP contribution >= 0.6 is 11.8 Å². The molecule has 0 spiro atoms. The van der Waals surface area contributed by atoms with E-state index in [-0.39, 0.29) is 22.2 Å². The molecule has 1 aromatic rings. The van der Waals surface area contributed by atoms with E-state index in [1.807, 2.05) is 0 Å². The molecule has 0 fully saturated rings. The lowest BCUT2D eigenvalue weighted by atomic mass is 10.1. The van der Waals surface area contributed by atoms with Crippen LogP contribution in [0.4, 0.5) is 8.78 Å². The van der Waals surface area contributed by atoms with Crippen molar-refractivity contribution in [2.24, 2.45) is 0 Å². The number of ketones is 1. The SMILES string of the molecule is O=C(O)C(=O)c1ccccc1SC(F)F. The van der Waals surface area contributed by atoms with Gasteiger partial charge in [-0.3, -0.25) is 4.79 Å². The van der Waals surface area contributed by atoms with Gasteiger partial charge in [0.05, 0.1) is 0 Å². The Morgan fingerprint density at radius 2 is 1.87 bits per heavy atom. The van der Waals surface area contributed by atoms with Gasteiger partial charge in [0, 0.05) is 10.5 Å². The molecule has 0 bridgehead atoms. The molecule has 0 saturated heterocycles. The molecular formula is C9H6F2O3S. The van der Waals surface area contributed by atoms with E-state index in [4.69, 9.17) is 5.11 Å². The molecule has 3 nitrogen and oxygen atoms in total. The highest BCUT2D eigenvalue weighted by Gasteiger charge is 2.20. The van der Waals surface area contributed by atoms with Gasteiger partial charge < -0.3 is 5.11 Å². The van der Waals surface area contributed by atoms with Gasteiger partial charge in [-0.05, 0) is 12.1 Å². The van der Waals surface area contributed by atoms with Gasteiger partial charge in [0.25, 0.3) is 11.5 Å². The highest BCUT2D eigenvalue weighted by atomic mass is 32.2. The number of Topliss-reactive ketones (excluding diaryl/α,β-unsaturated/α-hetero) is 1. The monoisotopic (exact) mass is 232 g/mol. The molecule has 1 N–H and O–H groups in total. The first-order chi connectivity index (χ1) is 7.02. The second kappa shape index (κ2) is 4.88. The molecule has 15 heavy (non-hydrogen) atoms. The minimum absolute atomic E-state index is 0.0279. The summed E-state index contributed by atoms with van der Waals surface area (Å²) in [5.41, 5.74) is -0.213. The lowest BCUT2D eigenvalue weighted by molar-refractivity contribution is -0.131. The predicted octanol–water partition coefficient (Wildman–Crippen LogP) is 2.27. The van der Waals surface area contributed by atoms with E-state index in [0.29, 0.717) is 0 Å². The van der Waals surface area contributed by atoms with Crippen LogP contribution in [0, 0.1) is 0 Å². The van der Waals surface area contributed by atoms with Crippen LogP contribution in [-0.4, -0.2) is 22.6 Å². The van der Waals surface area contributed by atoms with Crippen molar-refractivity contribution in [3.63, 3.8) is 0 Å². The topological polar surface area (TPSA) is 54.4 Å². The minimum Gasteiger partial charge on any atom is -0.475 e. The van der Waals surface area contributed by atoms with Crippen LogP contribution in [0.5, 0.6) is 0 Å². The Hall–Kier alpha value is -1.43. The van der Waals surface area contributed by atoms with Crippen LogP contribution < -0.4 is 0 Å². The van der Waals surface area contributed by atoms with E-state index in [1.165, 1.54) is 24.3 Å². The molecule has 0 saturated carbocycles. The first-order valence-electron chi connectivity index (χ1n) is 3.84. The number of alkyl halides is 2. The molecule has 6 heteroatoms. The Balaban J connectivity index is 3.06. The molecule has 0 aromatic heterocycles. The van der Waals surface area contributed by atoms with Crippen molar-refractivity contribution in [3.05, 3.63) is 29.8 Å². The fourth-order valence-electron chi connectivity index (χ4n) is 0.968. The van der Waals surface area contributed by atoms with Crippen LogP contribution in [0.1, 0.15) is 10.4 Å². The maximum atomic E-state index is 12.1. The van der Waals surface area contributed by atoms with E-state index in [0.717, 1.165) is 0 Å². The number of carboxylic acids is 1. The minimum atomic E-state index is -2.69. The second-order valence-electron chi connectivity index (χ2n) is 2.51. The summed E-state index contributed by atoms with van der Waals surface area (Å²) >= 11 is 0.153. The third-order valence-electron chi connectivity index (χ3n) is 1.54. The Morgan fingerprint density at radius 1 is 1.27 bits per heavy atom. The number of rotatable bonds is 4. The third-order valence-corrected chi connectivity index (χ3v) is 2.33. The molecule has 0 aliphatic carbocycles. The Kier molecular flexibility index (Phi) is 3.79. The molecule has 0 aliphatic heterocycles. The van der Waals surface area contributed by atoms with Gasteiger partial charge in [0.1, 0.15) is 0 Å². The molecule has 80 valence electrons. The third kappa shape index (κ3) is 3.02. The summed E-state index contributed by atoms with van der Waals surface area (Å²) in [6.07, 6.45) is 0. The Morgan fingerprint density at radius 3 is 2.40 bits per heavy atom. The van der Waals surface area contributed by atoms with Gasteiger partial charge in [-0.25, -0.2) is 4.79 Å². The highest BCUT2D eigenvalue weighted by Crippen LogP contribution is 2.28. The van der Waals surface area contributed by atoms with E-state index in [9.17, 15) is 18.4 Å². The zero-order valence-corrected chi connectivity index (χ0v) is 8.13. The molecule has 0 amide bonds. The van der Waals surface area contributed by atoms with Crippen molar-refractivity contribution in [3.8, 4) is 0 Å². The number of carbonyl (C=O) groups is 2. The smallest absolute Gasteiger partial charge is 0.377 e. The summed E-state index contributed by atoms with van der Waals surface area (Å²) in [4.78, 5) is 21.5. The molecule has 0 aliphatic rings. The van der Waals surface area contributed by atoms with Crippen LogP contribution in [0.15, 0.2) is 29.2 Å². The summed E-state index contributed by atoms with van der Waals surface area (Å²) in [6, 6.07) is 5.38. The van der Waals surface area contributed by atoms with Crippen LogP contribution in [0.25, 0.3) is 0 Å². The first kappa shape index (κ1) is 11.6. The lowest BCUT2D eigenvalue weighted by Crippen LogP contribution is -2.13. The Labute approximate surface area is 88.1 Å². The van der Waals surface area contributed by atoms with Crippen molar-refractivity contribution in [2.75, 3.05) is 0 Å². The zero-order valence-electron chi connectivity index (χ0n) is 7.31. The van der Waals surface area contributed by atoms with Gasteiger partial charge in [0.2, 0.25) is 0 Å². The number of aliphatic carboxylic acids is 1. The molecule has 0 atom stereocenters. The molecule has 0 unspecified atom stereocenters. The maximum Gasteiger partial charge on any atom is 0.377 e. The van der Waals surface area contributed by atoms with Gasteiger partial charge in [0.15, 0.2) is 0 Å². The lowest BCUT2D eigenvalue weighted by Gasteiger charge is -2.04. The van der Waals surface area contributed by atoms with Crippen LogP contribution in [-0.2, 0) is 4.79 Å². The average molecular weight is 232 g/mol. The summed E-state index contributed by atoms with van der Waals surface area (Å²) in [6.45, 7) is 0. The van der Waals surface area contributed by atoms with Crippen molar-refractivity contribution in [1.29, 1.82) is 0 Å². The molecule has 1 aromatic carbocycles. The number of thioether (sulfide) groups is 1. The average Bonchev–Trinajstić information content (AvgIpc) is 2.16. The van der Waals surface area contributed by atoms with Crippen LogP contribution in [0.3, 0.4) is 0 Å². The fraction of sp³-hybridized carbons (Fsp3) is 0.111. The summed E-state index contributed by atoms with van der Waals surface area (Å²) in [5.74, 6) is -5.52. The number of carboxylic acid groups (broad SMARTS) is 1. The van der Waals surface area contributed by atoms with Gasteiger partial charge >= 0.3 is 5.97 Å². The first-order valence-corrected chi connectivity index (χ1v) is 4.72. The van der Waals surface area contributed by atoms with Gasteiger partial charge in [-0.1, -0.05) is 23.9 Å². The van der Waals surface area contributed by atoms with Crippen molar-refractivity contribution in [1.82, 2.24) is 0 Å². The maximum absolute atomic E-state index is 12.1. The predicted molar refractivity (Wildman–Crippen MR) is 50.3 cm³/mol. The van der Waals surface area contributed by atoms with Crippen LogP contribution in [0.2, 0.25) is 0 Å². The summed E-state index contributed by atoms with van der Waals surface area (Å²) < 4.78 is 24.1. The van der Waals surface area contributed by atoms with E-state index in [2.05, 4.69) is 0 Å². The van der Waals surface area contributed by atoms with Crippen molar-refractivity contribution >= 4 is 23.5 Å². The Bertz CT molecular complexity index is 393. The number of carbonyl (C=O) groups excluding carboxylic acids is 1. The number of hydrogen-bond donors (Lipinski definition) is 1. The van der Waals surface area contributed by atoms with E-state index in [1.54, 1.807) is 0 Å². The van der Waals surface area contributed by atoms with Crippen molar-refractivity contribution < 1.29 is 23.5 Å². The largest absolute Gasteiger partial charge is 0.475 e. The van der Waals surface area contributed by atoms with Gasteiger partial charge in [-0.15, -0.1) is 0 Å². The van der Waals surface area contributed by atoms with E-state index >= 15 is 0 Å². The quantitative estimate of drug-likeness (QED) is 0.491. The highest BCUT2D eigenvalue weighted by molar-refractivity contribution is 7.99. The molecular weight excluding hydrogens is 226 g/mol. The van der Waals surface area contributed by atoms with E-state index < -0.39 is 17.5 Å². The van der Waals surface area contributed by atoms with Gasteiger partial charge in [-0.2, -0.15) is 8.78 Å². The second-order valence-corrected chi connectivity index (χ2v) is 3.54. The fourth-order valence-corrected chi connectivity index (χ4v) is 1.60. The van der Waals surface area contributed by atoms with Crippen molar-refractivity contribution in [2.45, 2.75) is 10.7 Å². The number of benzene rings is 1. The zero-order chi connectivity index (χ0) is 11.4. The molecule has 1 rings (SSSR count). The standard InChI is InChI=1S/C9H6F2O3S/c10-9(11)15-6-4-2-1-3-5(6)7(12)8(13)14/h1-4,9H,(H,13,14). The molecule has 0 heterocycles. The number of halogens is 2. The summed E-state index contributed by atoms with van der Waals surface area (Å²) in [7, 11) is 0.